The Kier molecular flexibility index (Phi) is 4.02. The molecule has 0 aliphatic carbocycles. The molecule has 1 heterocycles. The lowest BCUT2D eigenvalue weighted by Crippen LogP contribution is -1.99. The third-order valence-electron chi connectivity index (χ3n) is 2.33. The van der Waals surface area contributed by atoms with Gasteiger partial charge in [-0.15, -0.1) is 0 Å². The number of rotatable bonds is 3. The van der Waals surface area contributed by atoms with Crippen molar-refractivity contribution >= 4 is 44.8 Å². The molecule has 0 saturated heterocycles. The second-order valence-electron chi connectivity index (χ2n) is 3.64. The normalized spacial score (nSPS) is 10.6. The minimum atomic E-state index is 0.560. The monoisotopic (exact) mass is 333 g/mol. The molecule has 0 atom stereocenters. The molecule has 17 heavy (non-hydrogen) atoms. The topological polar surface area (TPSA) is 25.2 Å². The number of nitrogens with one attached hydrogen (secondary N) is 1. The quantitative estimate of drug-likeness (QED) is 0.827. The molecule has 0 fully saturated rings. The van der Waals surface area contributed by atoms with Crippen LogP contribution in [0, 0.1) is 6.92 Å². The molecular weight excluding hydrogens is 325 g/mol. The minimum Gasteiger partial charge on any atom is -0.452 e. The fourth-order valence-corrected chi connectivity index (χ4v) is 2.20. The summed E-state index contributed by atoms with van der Waals surface area (Å²) in [4.78, 5) is 0. The van der Waals surface area contributed by atoms with Gasteiger partial charge in [-0.3, -0.25) is 0 Å². The van der Waals surface area contributed by atoms with E-state index in [9.17, 15) is 0 Å². The molecule has 5 heteroatoms. The van der Waals surface area contributed by atoms with Crippen molar-refractivity contribution in [3.63, 3.8) is 0 Å². The van der Waals surface area contributed by atoms with Crippen molar-refractivity contribution in [1.29, 1.82) is 0 Å². The Labute approximate surface area is 118 Å². The fourth-order valence-electron chi connectivity index (χ4n) is 1.41. The van der Waals surface area contributed by atoms with Gasteiger partial charge < -0.3 is 9.73 Å². The number of aryl methyl sites for hydroxylation is 1. The van der Waals surface area contributed by atoms with Crippen molar-refractivity contribution in [2.24, 2.45) is 0 Å². The second kappa shape index (κ2) is 5.34. The first-order chi connectivity index (χ1) is 8.06. The average molecular weight is 335 g/mol. The second-order valence-corrected chi connectivity index (χ2v) is 5.24. The zero-order valence-electron chi connectivity index (χ0n) is 9.06. The maximum absolute atomic E-state index is 6.11. The standard InChI is InChI=1S/C12H10BrCl2NO/c1-7-4-10(15)11(5-9(7)14)16-6-8-2-3-12(13)17-8/h2-5,16H,6H2,1H3. The molecule has 2 rings (SSSR count). The first-order valence-electron chi connectivity index (χ1n) is 5.00. The average Bonchev–Trinajstić information content (AvgIpc) is 2.68. The van der Waals surface area contributed by atoms with Crippen LogP contribution in [0.2, 0.25) is 10.0 Å². The number of anilines is 1. The molecule has 1 aromatic heterocycles. The third kappa shape index (κ3) is 3.18. The molecule has 0 radical (unpaired) electrons. The van der Waals surface area contributed by atoms with E-state index >= 15 is 0 Å². The lowest BCUT2D eigenvalue weighted by molar-refractivity contribution is 0.495. The molecular formula is C12H10BrCl2NO. The lowest BCUT2D eigenvalue weighted by Gasteiger charge is -2.09. The summed E-state index contributed by atoms with van der Waals surface area (Å²) in [6.07, 6.45) is 0. The van der Waals surface area contributed by atoms with E-state index in [0.717, 1.165) is 17.0 Å². The first kappa shape index (κ1) is 12.8. The maximum atomic E-state index is 6.11. The molecule has 2 aromatic rings. The summed E-state index contributed by atoms with van der Waals surface area (Å²) in [6, 6.07) is 7.39. The number of halogens is 3. The summed E-state index contributed by atoms with van der Waals surface area (Å²) in [6.45, 7) is 2.48. The summed E-state index contributed by atoms with van der Waals surface area (Å²) in [5, 5.41) is 4.52. The lowest BCUT2D eigenvalue weighted by atomic mass is 10.2. The molecule has 0 aliphatic rings. The first-order valence-corrected chi connectivity index (χ1v) is 6.55. The van der Waals surface area contributed by atoms with Gasteiger partial charge >= 0.3 is 0 Å². The Bertz CT molecular complexity index is 539. The Hall–Kier alpha value is -0.640. The van der Waals surface area contributed by atoms with Gasteiger partial charge in [0.05, 0.1) is 17.3 Å². The van der Waals surface area contributed by atoms with Crippen LogP contribution in [0.15, 0.2) is 33.4 Å². The van der Waals surface area contributed by atoms with Gasteiger partial charge in [-0.1, -0.05) is 23.2 Å². The molecule has 0 aliphatic heterocycles. The molecule has 90 valence electrons. The van der Waals surface area contributed by atoms with E-state index < -0.39 is 0 Å². The molecule has 0 unspecified atom stereocenters. The fraction of sp³-hybridized carbons (Fsp3) is 0.167. The van der Waals surface area contributed by atoms with Gasteiger partial charge in [0.2, 0.25) is 0 Å². The largest absolute Gasteiger partial charge is 0.452 e. The van der Waals surface area contributed by atoms with Crippen LogP contribution < -0.4 is 5.32 Å². The summed E-state index contributed by atoms with van der Waals surface area (Å²) >= 11 is 15.4. The van der Waals surface area contributed by atoms with Crippen LogP contribution in [-0.2, 0) is 6.54 Å². The van der Waals surface area contributed by atoms with Gasteiger partial charge in [-0.05, 0) is 52.7 Å². The minimum absolute atomic E-state index is 0.560. The van der Waals surface area contributed by atoms with Crippen molar-refractivity contribution in [2.75, 3.05) is 5.32 Å². The van der Waals surface area contributed by atoms with Crippen LogP contribution >= 0.6 is 39.1 Å². The Balaban J connectivity index is 2.11. The van der Waals surface area contributed by atoms with Crippen LogP contribution in [-0.4, -0.2) is 0 Å². The van der Waals surface area contributed by atoms with E-state index in [-0.39, 0.29) is 0 Å². The van der Waals surface area contributed by atoms with E-state index in [1.807, 2.05) is 31.2 Å². The third-order valence-corrected chi connectivity index (χ3v) is 3.48. The number of benzene rings is 1. The number of hydrogen-bond acceptors (Lipinski definition) is 2. The van der Waals surface area contributed by atoms with Crippen molar-refractivity contribution < 1.29 is 4.42 Å². The zero-order valence-corrected chi connectivity index (χ0v) is 12.2. The molecule has 0 saturated carbocycles. The van der Waals surface area contributed by atoms with Gasteiger partial charge in [-0.25, -0.2) is 0 Å². The SMILES string of the molecule is Cc1cc(Cl)c(NCc2ccc(Br)o2)cc1Cl. The van der Waals surface area contributed by atoms with Crippen LogP contribution in [0.1, 0.15) is 11.3 Å². The summed E-state index contributed by atoms with van der Waals surface area (Å²) in [7, 11) is 0. The highest BCUT2D eigenvalue weighted by atomic mass is 79.9. The Morgan fingerprint density at radius 3 is 2.65 bits per heavy atom. The Morgan fingerprint density at radius 2 is 2.00 bits per heavy atom. The Morgan fingerprint density at radius 1 is 1.24 bits per heavy atom. The number of furan rings is 1. The van der Waals surface area contributed by atoms with Crippen molar-refractivity contribution in [1.82, 2.24) is 0 Å². The van der Waals surface area contributed by atoms with Gasteiger partial charge in [0, 0.05) is 5.02 Å². The molecule has 0 spiro atoms. The van der Waals surface area contributed by atoms with Gasteiger partial charge in [-0.2, -0.15) is 0 Å². The van der Waals surface area contributed by atoms with Gasteiger partial charge in [0.1, 0.15) is 5.76 Å². The maximum Gasteiger partial charge on any atom is 0.169 e. The van der Waals surface area contributed by atoms with E-state index in [1.165, 1.54) is 0 Å². The van der Waals surface area contributed by atoms with Crippen molar-refractivity contribution in [3.05, 3.63) is 50.3 Å². The van der Waals surface area contributed by atoms with Gasteiger partial charge in [0.15, 0.2) is 4.67 Å². The predicted molar refractivity (Wildman–Crippen MR) is 74.9 cm³/mol. The molecule has 2 nitrogen and oxygen atoms in total. The molecule has 1 N–H and O–H groups in total. The van der Waals surface area contributed by atoms with E-state index in [1.54, 1.807) is 0 Å². The molecule has 1 aromatic carbocycles. The summed E-state index contributed by atoms with van der Waals surface area (Å²) in [5.41, 5.74) is 1.76. The highest BCUT2D eigenvalue weighted by molar-refractivity contribution is 9.10. The molecule has 0 amide bonds. The van der Waals surface area contributed by atoms with Crippen molar-refractivity contribution in [2.45, 2.75) is 13.5 Å². The van der Waals surface area contributed by atoms with Crippen LogP contribution in [0.4, 0.5) is 5.69 Å². The van der Waals surface area contributed by atoms with Crippen LogP contribution in [0.25, 0.3) is 0 Å². The summed E-state index contributed by atoms with van der Waals surface area (Å²) < 4.78 is 6.09. The van der Waals surface area contributed by atoms with E-state index in [4.69, 9.17) is 27.6 Å². The highest BCUT2D eigenvalue weighted by Crippen LogP contribution is 2.29. The molecule has 0 bridgehead atoms. The van der Waals surface area contributed by atoms with Gasteiger partial charge in [0.25, 0.3) is 0 Å². The van der Waals surface area contributed by atoms with Crippen molar-refractivity contribution in [3.8, 4) is 0 Å². The summed E-state index contributed by atoms with van der Waals surface area (Å²) in [5.74, 6) is 0.824. The van der Waals surface area contributed by atoms with Crippen LogP contribution in [0.5, 0.6) is 0 Å². The predicted octanol–water partition coefficient (Wildman–Crippen LogP) is 5.27. The number of hydrogen-bond donors (Lipinski definition) is 1. The zero-order chi connectivity index (χ0) is 12.4. The smallest absolute Gasteiger partial charge is 0.169 e. The van der Waals surface area contributed by atoms with Crippen LogP contribution in [0.3, 0.4) is 0 Å². The highest BCUT2D eigenvalue weighted by Gasteiger charge is 2.05. The van der Waals surface area contributed by atoms with E-state index in [2.05, 4.69) is 21.2 Å². The van der Waals surface area contributed by atoms with E-state index in [0.29, 0.717) is 21.3 Å².